The molecule has 0 radical (unpaired) electrons. The van der Waals surface area contributed by atoms with Crippen LogP contribution in [0.3, 0.4) is 0 Å². The minimum absolute atomic E-state index is 0.184. The summed E-state index contributed by atoms with van der Waals surface area (Å²) in [6.07, 6.45) is 2.03. The number of amides is 1. The Morgan fingerprint density at radius 3 is 2.67 bits per heavy atom. The maximum atomic E-state index is 11.4. The van der Waals surface area contributed by atoms with E-state index in [-0.39, 0.29) is 11.9 Å². The summed E-state index contributed by atoms with van der Waals surface area (Å²) >= 11 is 0. The fourth-order valence-electron chi connectivity index (χ4n) is 2.93. The van der Waals surface area contributed by atoms with Crippen molar-refractivity contribution < 1.29 is 9.53 Å². The fraction of sp³-hybridized carbons (Fsp3) is 0.588. The van der Waals surface area contributed by atoms with Crippen LogP contribution in [0.4, 0.5) is 0 Å². The van der Waals surface area contributed by atoms with Crippen LogP contribution in [0.1, 0.15) is 45.2 Å². The molecule has 4 nitrogen and oxygen atoms in total. The van der Waals surface area contributed by atoms with Crippen LogP contribution in [-0.2, 0) is 4.79 Å². The lowest BCUT2D eigenvalue weighted by atomic mass is 10.0. The minimum Gasteiger partial charge on any atom is -0.494 e. The molecule has 1 N–H and O–H groups in total. The highest BCUT2D eigenvalue weighted by Gasteiger charge is 2.22. The first-order chi connectivity index (χ1) is 10.1. The van der Waals surface area contributed by atoms with E-state index in [0.717, 1.165) is 31.7 Å². The third kappa shape index (κ3) is 4.21. The van der Waals surface area contributed by atoms with Gasteiger partial charge in [0.25, 0.3) is 0 Å². The number of nitrogens with zero attached hydrogens (tertiary/aromatic N) is 1. The number of hydrogen-bond acceptors (Lipinski definition) is 3. The molecule has 116 valence electrons. The number of likely N-dealkylation sites (tertiary alicyclic amines) is 1. The average molecular weight is 290 g/mol. The Hall–Kier alpha value is -1.55. The van der Waals surface area contributed by atoms with Gasteiger partial charge in [-0.3, -0.25) is 4.79 Å². The van der Waals surface area contributed by atoms with Crippen molar-refractivity contribution in [3.8, 4) is 5.75 Å². The zero-order chi connectivity index (χ0) is 15.2. The molecule has 1 aliphatic rings. The Labute approximate surface area is 127 Å². The molecule has 1 heterocycles. The second-order valence-electron chi connectivity index (χ2n) is 5.64. The van der Waals surface area contributed by atoms with Gasteiger partial charge in [0.2, 0.25) is 5.91 Å². The van der Waals surface area contributed by atoms with Gasteiger partial charge in [-0.05, 0) is 32.8 Å². The predicted octanol–water partition coefficient (Wildman–Crippen LogP) is 2.75. The number of rotatable bonds is 5. The van der Waals surface area contributed by atoms with Gasteiger partial charge in [0, 0.05) is 37.7 Å². The molecule has 1 aromatic rings. The summed E-state index contributed by atoms with van der Waals surface area (Å²) in [5, 5.41) is 3.68. The van der Waals surface area contributed by atoms with Gasteiger partial charge >= 0.3 is 0 Å². The van der Waals surface area contributed by atoms with Crippen LogP contribution < -0.4 is 10.1 Å². The average Bonchev–Trinajstić information content (AvgIpc) is 2.48. The molecule has 1 fully saturated rings. The fourth-order valence-corrected chi connectivity index (χ4v) is 2.93. The molecule has 1 amide bonds. The smallest absolute Gasteiger partial charge is 0.219 e. The van der Waals surface area contributed by atoms with E-state index in [9.17, 15) is 4.79 Å². The lowest BCUT2D eigenvalue weighted by Crippen LogP contribution is -2.44. The number of hydrogen-bond donors (Lipinski definition) is 1. The molecule has 0 spiro atoms. The number of nitrogens with one attached hydrogen (secondary N) is 1. The molecule has 0 bridgehead atoms. The van der Waals surface area contributed by atoms with Crippen molar-refractivity contribution in [3.63, 3.8) is 0 Å². The largest absolute Gasteiger partial charge is 0.494 e. The summed E-state index contributed by atoms with van der Waals surface area (Å²) in [6.45, 7) is 8.22. The first kappa shape index (κ1) is 15.8. The Morgan fingerprint density at radius 1 is 1.38 bits per heavy atom. The van der Waals surface area contributed by atoms with E-state index < -0.39 is 0 Å². The number of para-hydroxylation sites is 1. The van der Waals surface area contributed by atoms with Crippen molar-refractivity contribution in [2.75, 3.05) is 19.7 Å². The number of carbonyl (C=O) groups is 1. The van der Waals surface area contributed by atoms with E-state index in [1.807, 2.05) is 30.0 Å². The lowest BCUT2D eigenvalue weighted by molar-refractivity contribution is -0.129. The zero-order valence-corrected chi connectivity index (χ0v) is 13.3. The van der Waals surface area contributed by atoms with E-state index in [2.05, 4.69) is 18.3 Å². The highest BCUT2D eigenvalue weighted by molar-refractivity contribution is 5.73. The molecular weight excluding hydrogens is 264 g/mol. The standard InChI is InChI=1S/C17H26N2O2/c1-4-21-17-8-6-5-7-16(17)13(2)18-15-9-11-19(12-10-15)14(3)20/h5-8,13,15,18H,4,9-12H2,1-3H3. The van der Waals surface area contributed by atoms with Crippen LogP contribution in [0.25, 0.3) is 0 Å². The van der Waals surface area contributed by atoms with Crippen molar-refractivity contribution in [1.82, 2.24) is 10.2 Å². The summed E-state index contributed by atoms with van der Waals surface area (Å²) in [6, 6.07) is 8.91. The number of ether oxygens (including phenoxy) is 1. The van der Waals surface area contributed by atoms with E-state index in [4.69, 9.17) is 4.74 Å². The van der Waals surface area contributed by atoms with Gasteiger partial charge in [-0.1, -0.05) is 18.2 Å². The van der Waals surface area contributed by atoms with E-state index in [0.29, 0.717) is 12.6 Å². The Balaban J connectivity index is 1.93. The second kappa shape index (κ2) is 7.46. The molecule has 1 atom stereocenters. The van der Waals surface area contributed by atoms with Crippen LogP contribution in [-0.4, -0.2) is 36.5 Å². The van der Waals surface area contributed by atoms with Gasteiger partial charge in [-0.2, -0.15) is 0 Å². The van der Waals surface area contributed by atoms with Crippen molar-refractivity contribution >= 4 is 5.91 Å². The summed E-state index contributed by atoms with van der Waals surface area (Å²) in [5.41, 5.74) is 1.20. The molecule has 1 aliphatic heterocycles. The van der Waals surface area contributed by atoms with Crippen molar-refractivity contribution in [2.24, 2.45) is 0 Å². The lowest BCUT2D eigenvalue weighted by Gasteiger charge is -2.33. The third-order valence-electron chi connectivity index (χ3n) is 4.11. The van der Waals surface area contributed by atoms with Gasteiger partial charge in [-0.25, -0.2) is 0 Å². The molecule has 2 rings (SSSR count). The molecule has 1 saturated heterocycles. The molecule has 1 unspecified atom stereocenters. The van der Waals surface area contributed by atoms with Gasteiger partial charge < -0.3 is 15.0 Å². The number of benzene rings is 1. The van der Waals surface area contributed by atoms with E-state index in [1.165, 1.54) is 5.56 Å². The quantitative estimate of drug-likeness (QED) is 0.906. The molecule has 1 aromatic carbocycles. The second-order valence-corrected chi connectivity index (χ2v) is 5.64. The van der Waals surface area contributed by atoms with Gasteiger partial charge in [0.05, 0.1) is 6.61 Å². The zero-order valence-electron chi connectivity index (χ0n) is 13.3. The highest BCUT2D eigenvalue weighted by Crippen LogP contribution is 2.26. The molecule has 0 aliphatic carbocycles. The highest BCUT2D eigenvalue weighted by atomic mass is 16.5. The van der Waals surface area contributed by atoms with Gasteiger partial charge in [0.15, 0.2) is 0 Å². The monoisotopic (exact) mass is 290 g/mol. The van der Waals surface area contributed by atoms with Gasteiger partial charge in [-0.15, -0.1) is 0 Å². The summed E-state index contributed by atoms with van der Waals surface area (Å²) in [7, 11) is 0. The van der Waals surface area contributed by atoms with Crippen molar-refractivity contribution in [2.45, 2.75) is 45.7 Å². The summed E-state index contributed by atoms with van der Waals surface area (Å²) in [5.74, 6) is 1.14. The van der Waals surface area contributed by atoms with Crippen LogP contribution in [0.15, 0.2) is 24.3 Å². The van der Waals surface area contributed by atoms with Crippen molar-refractivity contribution in [1.29, 1.82) is 0 Å². The van der Waals surface area contributed by atoms with Crippen LogP contribution in [0.2, 0.25) is 0 Å². The topological polar surface area (TPSA) is 41.6 Å². The summed E-state index contributed by atoms with van der Waals surface area (Å²) in [4.78, 5) is 13.3. The number of piperidine rings is 1. The maximum absolute atomic E-state index is 11.4. The van der Waals surface area contributed by atoms with E-state index >= 15 is 0 Å². The molecule has 0 saturated carbocycles. The van der Waals surface area contributed by atoms with E-state index in [1.54, 1.807) is 6.92 Å². The van der Waals surface area contributed by atoms with Crippen LogP contribution in [0.5, 0.6) is 5.75 Å². The molecule has 0 aromatic heterocycles. The first-order valence-corrected chi connectivity index (χ1v) is 7.85. The minimum atomic E-state index is 0.184. The normalized spacial score (nSPS) is 17.6. The molecule has 21 heavy (non-hydrogen) atoms. The maximum Gasteiger partial charge on any atom is 0.219 e. The van der Waals surface area contributed by atoms with Crippen molar-refractivity contribution in [3.05, 3.63) is 29.8 Å². The third-order valence-corrected chi connectivity index (χ3v) is 4.11. The predicted molar refractivity (Wildman–Crippen MR) is 84.4 cm³/mol. The molecule has 4 heteroatoms. The SMILES string of the molecule is CCOc1ccccc1C(C)NC1CCN(C(C)=O)CC1. The molecular formula is C17H26N2O2. The number of carbonyl (C=O) groups excluding carboxylic acids is 1. The Morgan fingerprint density at radius 2 is 2.05 bits per heavy atom. The van der Waals surface area contributed by atoms with Gasteiger partial charge in [0.1, 0.15) is 5.75 Å². The first-order valence-electron chi connectivity index (χ1n) is 7.85. The Kier molecular flexibility index (Phi) is 5.62. The Bertz CT molecular complexity index is 468. The van der Waals surface area contributed by atoms with Crippen LogP contribution >= 0.6 is 0 Å². The van der Waals surface area contributed by atoms with Crippen LogP contribution in [0, 0.1) is 0 Å². The summed E-state index contributed by atoms with van der Waals surface area (Å²) < 4.78 is 5.70.